The Morgan fingerprint density at radius 2 is 2.00 bits per heavy atom. The summed E-state index contributed by atoms with van der Waals surface area (Å²) in [6.45, 7) is 2.85. The molecule has 0 heterocycles. The fourth-order valence-electron chi connectivity index (χ4n) is 1.86. The fourth-order valence-corrected chi connectivity index (χ4v) is 2.07. The van der Waals surface area contributed by atoms with Crippen molar-refractivity contribution in [3.63, 3.8) is 0 Å². The van der Waals surface area contributed by atoms with Crippen LogP contribution < -0.4 is 10.1 Å². The van der Waals surface area contributed by atoms with E-state index in [0.717, 1.165) is 5.56 Å². The van der Waals surface area contributed by atoms with Crippen LogP contribution in [-0.2, 0) is 6.54 Å². The van der Waals surface area contributed by atoms with Crippen molar-refractivity contribution in [3.05, 3.63) is 64.7 Å². The molecule has 4 heteroatoms. The summed E-state index contributed by atoms with van der Waals surface area (Å²) < 4.78 is 5.45. The van der Waals surface area contributed by atoms with Gasteiger partial charge in [-0.1, -0.05) is 35.9 Å². The minimum Gasteiger partial charge on any atom is -0.493 e. The van der Waals surface area contributed by atoms with Gasteiger partial charge < -0.3 is 10.1 Å². The Kier molecular flexibility index (Phi) is 5.02. The van der Waals surface area contributed by atoms with E-state index in [4.69, 9.17) is 16.3 Å². The Balaban J connectivity index is 2.05. The predicted molar refractivity (Wildman–Crippen MR) is 80.2 cm³/mol. The lowest BCUT2D eigenvalue weighted by atomic mass is 10.1. The van der Waals surface area contributed by atoms with Gasteiger partial charge in [0.15, 0.2) is 0 Å². The van der Waals surface area contributed by atoms with E-state index in [1.807, 2.05) is 37.3 Å². The quantitative estimate of drug-likeness (QED) is 0.912. The molecule has 0 radical (unpaired) electrons. The van der Waals surface area contributed by atoms with Gasteiger partial charge in [0.2, 0.25) is 0 Å². The van der Waals surface area contributed by atoms with Crippen LogP contribution in [0.5, 0.6) is 5.75 Å². The molecular weight excluding hydrogens is 274 g/mol. The summed E-state index contributed by atoms with van der Waals surface area (Å²) >= 11 is 5.91. The zero-order chi connectivity index (χ0) is 14.4. The molecular formula is C16H16ClNO2. The van der Waals surface area contributed by atoms with Gasteiger partial charge in [-0.3, -0.25) is 4.79 Å². The third-order valence-electron chi connectivity index (χ3n) is 2.77. The molecule has 104 valence electrons. The number of benzene rings is 2. The van der Waals surface area contributed by atoms with Crippen molar-refractivity contribution in [1.29, 1.82) is 0 Å². The molecule has 0 aliphatic rings. The van der Waals surface area contributed by atoms with E-state index >= 15 is 0 Å². The van der Waals surface area contributed by atoms with E-state index in [0.29, 0.717) is 29.5 Å². The Morgan fingerprint density at radius 1 is 1.20 bits per heavy atom. The summed E-state index contributed by atoms with van der Waals surface area (Å²) in [5.74, 6) is 0.438. The Bertz CT molecular complexity index is 599. The van der Waals surface area contributed by atoms with Crippen molar-refractivity contribution in [3.8, 4) is 5.75 Å². The molecule has 3 nitrogen and oxygen atoms in total. The highest BCUT2D eigenvalue weighted by atomic mass is 35.5. The molecule has 0 saturated carbocycles. The van der Waals surface area contributed by atoms with Crippen LogP contribution in [0.1, 0.15) is 22.8 Å². The smallest absolute Gasteiger partial charge is 0.255 e. The Morgan fingerprint density at radius 3 is 2.75 bits per heavy atom. The fraction of sp³-hybridized carbons (Fsp3) is 0.188. The number of ether oxygens (including phenoxy) is 1. The van der Waals surface area contributed by atoms with E-state index in [2.05, 4.69) is 5.32 Å². The first kappa shape index (κ1) is 14.4. The van der Waals surface area contributed by atoms with Crippen LogP contribution in [0.2, 0.25) is 5.02 Å². The molecule has 0 fully saturated rings. The third-order valence-corrected chi connectivity index (χ3v) is 3.01. The van der Waals surface area contributed by atoms with Crippen LogP contribution in [0.3, 0.4) is 0 Å². The van der Waals surface area contributed by atoms with Crippen molar-refractivity contribution >= 4 is 17.5 Å². The lowest BCUT2D eigenvalue weighted by Gasteiger charge is -2.10. The largest absolute Gasteiger partial charge is 0.493 e. The van der Waals surface area contributed by atoms with Crippen molar-refractivity contribution in [2.24, 2.45) is 0 Å². The van der Waals surface area contributed by atoms with Crippen molar-refractivity contribution in [2.45, 2.75) is 13.5 Å². The molecule has 0 bridgehead atoms. The molecule has 2 aromatic rings. The maximum atomic E-state index is 12.2. The minimum absolute atomic E-state index is 0.158. The first-order valence-corrected chi connectivity index (χ1v) is 6.83. The highest BCUT2D eigenvalue weighted by Gasteiger charge is 2.11. The van der Waals surface area contributed by atoms with Gasteiger partial charge in [0.1, 0.15) is 5.75 Å². The molecule has 0 aliphatic carbocycles. The van der Waals surface area contributed by atoms with Crippen LogP contribution >= 0.6 is 11.6 Å². The van der Waals surface area contributed by atoms with Crippen molar-refractivity contribution in [2.75, 3.05) is 6.61 Å². The second kappa shape index (κ2) is 6.96. The average molecular weight is 290 g/mol. The molecule has 0 unspecified atom stereocenters. The highest BCUT2D eigenvalue weighted by molar-refractivity contribution is 6.30. The van der Waals surface area contributed by atoms with Crippen LogP contribution in [0.15, 0.2) is 48.5 Å². The number of para-hydroxylation sites is 1. The molecule has 20 heavy (non-hydrogen) atoms. The highest BCUT2D eigenvalue weighted by Crippen LogP contribution is 2.18. The second-order valence-corrected chi connectivity index (χ2v) is 4.68. The van der Waals surface area contributed by atoms with Gasteiger partial charge in [0.05, 0.1) is 12.2 Å². The van der Waals surface area contributed by atoms with Gasteiger partial charge in [-0.2, -0.15) is 0 Å². The number of halogens is 1. The van der Waals surface area contributed by atoms with E-state index in [9.17, 15) is 4.79 Å². The summed E-state index contributed by atoms with van der Waals surface area (Å²) in [5, 5.41) is 3.52. The molecule has 1 amide bonds. The average Bonchev–Trinajstić information content (AvgIpc) is 2.46. The summed E-state index contributed by atoms with van der Waals surface area (Å²) in [6, 6.07) is 14.6. The monoisotopic (exact) mass is 289 g/mol. The molecule has 0 aromatic heterocycles. The number of amides is 1. The number of carbonyl (C=O) groups excluding carboxylic acids is 1. The zero-order valence-corrected chi connectivity index (χ0v) is 12.0. The van der Waals surface area contributed by atoms with Gasteiger partial charge in [0.25, 0.3) is 5.91 Å². The normalized spacial score (nSPS) is 10.1. The molecule has 0 atom stereocenters. The lowest BCUT2D eigenvalue weighted by molar-refractivity contribution is 0.0947. The SMILES string of the molecule is CCOc1ccccc1C(=O)NCc1cccc(Cl)c1. The van der Waals surface area contributed by atoms with Crippen LogP contribution in [-0.4, -0.2) is 12.5 Å². The van der Waals surface area contributed by atoms with Gasteiger partial charge >= 0.3 is 0 Å². The Hall–Kier alpha value is -2.00. The van der Waals surface area contributed by atoms with E-state index in [-0.39, 0.29) is 5.91 Å². The summed E-state index contributed by atoms with van der Waals surface area (Å²) in [6.07, 6.45) is 0. The minimum atomic E-state index is -0.158. The number of rotatable bonds is 5. The number of nitrogens with one attached hydrogen (secondary N) is 1. The van der Waals surface area contributed by atoms with E-state index in [1.165, 1.54) is 0 Å². The zero-order valence-electron chi connectivity index (χ0n) is 11.2. The maximum Gasteiger partial charge on any atom is 0.255 e. The molecule has 2 rings (SSSR count). The second-order valence-electron chi connectivity index (χ2n) is 4.24. The molecule has 0 spiro atoms. The van der Waals surface area contributed by atoms with Crippen LogP contribution in [0.4, 0.5) is 0 Å². The third kappa shape index (κ3) is 3.75. The van der Waals surface area contributed by atoms with Gasteiger partial charge in [0, 0.05) is 11.6 Å². The van der Waals surface area contributed by atoms with Crippen molar-refractivity contribution in [1.82, 2.24) is 5.32 Å². The first-order chi connectivity index (χ1) is 9.70. The number of hydrogen-bond acceptors (Lipinski definition) is 2. The van der Waals surface area contributed by atoms with Crippen LogP contribution in [0, 0.1) is 0 Å². The number of carbonyl (C=O) groups is 1. The maximum absolute atomic E-state index is 12.2. The van der Waals surface area contributed by atoms with Gasteiger partial charge in [-0.05, 0) is 36.8 Å². The van der Waals surface area contributed by atoms with E-state index in [1.54, 1.807) is 18.2 Å². The first-order valence-electron chi connectivity index (χ1n) is 6.45. The van der Waals surface area contributed by atoms with Gasteiger partial charge in [-0.15, -0.1) is 0 Å². The number of hydrogen-bond donors (Lipinski definition) is 1. The van der Waals surface area contributed by atoms with Gasteiger partial charge in [-0.25, -0.2) is 0 Å². The predicted octanol–water partition coefficient (Wildman–Crippen LogP) is 3.67. The molecule has 0 aliphatic heterocycles. The molecule has 1 N–H and O–H groups in total. The summed E-state index contributed by atoms with van der Waals surface area (Å²) in [7, 11) is 0. The standard InChI is InChI=1S/C16H16ClNO2/c1-2-20-15-9-4-3-8-14(15)16(19)18-11-12-6-5-7-13(17)10-12/h3-10H,2,11H2,1H3,(H,18,19). The molecule has 0 saturated heterocycles. The summed E-state index contributed by atoms with van der Waals surface area (Å²) in [4.78, 5) is 12.2. The van der Waals surface area contributed by atoms with E-state index < -0.39 is 0 Å². The topological polar surface area (TPSA) is 38.3 Å². The Labute approximate surface area is 123 Å². The van der Waals surface area contributed by atoms with Crippen molar-refractivity contribution < 1.29 is 9.53 Å². The lowest BCUT2D eigenvalue weighted by Crippen LogP contribution is -2.23. The van der Waals surface area contributed by atoms with Crippen LogP contribution in [0.25, 0.3) is 0 Å². The summed E-state index contributed by atoms with van der Waals surface area (Å²) in [5.41, 5.74) is 1.50. The molecule has 2 aromatic carbocycles.